The molecule has 1 aliphatic heterocycles. The Hall–Kier alpha value is -1.25. The highest BCUT2D eigenvalue weighted by molar-refractivity contribution is 5.79. The second kappa shape index (κ2) is 4.55. The summed E-state index contributed by atoms with van der Waals surface area (Å²) in [4.78, 5) is 12.1. The van der Waals surface area contributed by atoms with Gasteiger partial charge in [0.1, 0.15) is 6.34 Å². The van der Waals surface area contributed by atoms with Crippen LogP contribution >= 0.6 is 0 Å². The van der Waals surface area contributed by atoms with Crippen LogP contribution < -0.4 is 0 Å². The maximum atomic E-state index is 4.16. The summed E-state index contributed by atoms with van der Waals surface area (Å²) in [5.74, 6) is 0. The summed E-state index contributed by atoms with van der Waals surface area (Å²) in [6.45, 7) is 2.65. The predicted octanol–water partition coefficient (Wildman–Crippen LogP) is 1.11. The molecule has 0 aromatic heterocycles. The van der Waals surface area contributed by atoms with E-state index in [2.05, 4.69) is 15.0 Å². The third kappa shape index (κ3) is 3.45. The minimum absolute atomic E-state index is 0.143. The van der Waals surface area contributed by atoms with Gasteiger partial charge in [-0.3, -0.25) is 9.98 Å². The van der Waals surface area contributed by atoms with Crippen molar-refractivity contribution in [3.8, 4) is 0 Å². The first-order valence-electron chi connectivity index (χ1n) is 3.59. The second-order valence-electron chi connectivity index (χ2n) is 2.25. The van der Waals surface area contributed by atoms with Crippen molar-refractivity contribution < 1.29 is 0 Å². The van der Waals surface area contributed by atoms with Crippen molar-refractivity contribution in [1.82, 2.24) is 0 Å². The highest BCUT2D eigenvalue weighted by atomic mass is 14.9. The van der Waals surface area contributed by atoms with Crippen LogP contribution in [0.1, 0.15) is 6.92 Å². The minimum atomic E-state index is 0.143. The predicted molar refractivity (Wildman–Crippen MR) is 48.9 cm³/mol. The molecule has 0 N–H and O–H groups in total. The molecule has 0 aromatic rings. The monoisotopic (exact) mass is 149 g/mol. The van der Waals surface area contributed by atoms with Gasteiger partial charge in [-0.05, 0) is 13.0 Å². The lowest BCUT2D eigenvalue weighted by molar-refractivity contribution is 1.00. The Morgan fingerprint density at radius 1 is 1.45 bits per heavy atom. The van der Waals surface area contributed by atoms with E-state index in [4.69, 9.17) is 0 Å². The van der Waals surface area contributed by atoms with Crippen LogP contribution in [0.3, 0.4) is 0 Å². The van der Waals surface area contributed by atoms with Gasteiger partial charge in [-0.15, -0.1) is 0 Å². The SMILES string of the molecule is CC1/C=N\C=N/C/C=C\C=N/1. The van der Waals surface area contributed by atoms with E-state index in [0.717, 1.165) is 0 Å². The molecule has 0 bridgehead atoms. The van der Waals surface area contributed by atoms with Crippen LogP contribution in [-0.4, -0.2) is 31.4 Å². The summed E-state index contributed by atoms with van der Waals surface area (Å²) in [5, 5.41) is 0. The van der Waals surface area contributed by atoms with E-state index in [1.54, 1.807) is 18.8 Å². The Labute approximate surface area is 66.3 Å². The molecular formula is C8H11N3. The largest absolute Gasteiger partial charge is 0.284 e. The second-order valence-corrected chi connectivity index (χ2v) is 2.25. The summed E-state index contributed by atoms with van der Waals surface area (Å²) in [7, 11) is 0. The third-order valence-corrected chi connectivity index (χ3v) is 1.20. The zero-order valence-electron chi connectivity index (χ0n) is 6.51. The van der Waals surface area contributed by atoms with E-state index in [1.165, 1.54) is 0 Å². The van der Waals surface area contributed by atoms with Gasteiger partial charge < -0.3 is 0 Å². The van der Waals surface area contributed by atoms with E-state index in [1.807, 2.05) is 19.1 Å². The van der Waals surface area contributed by atoms with Crippen molar-refractivity contribution in [2.45, 2.75) is 13.0 Å². The number of allylic oxidation sites excluding steroid dienone is 1. The van der Waals surface area contributed by atoms with Crippen LogP contribution in [0, 0.1) is 0 Å². The Morgan fingerprint density at radius 2 is 2.36 bits per heavy atom. The van der Waals surface area contributed by atoms with E-state index in [-0.39, 0.29) is 6.04 Å². The van der Waals surface area contributed by atoms with Gasteiger partial charge in [-0.2, -0.15) is 0 Å². The molecule has 0 saturated heterocycles. The first kappa shape index (κ1) is 7.85. The van der Waals surface area contributed by atoms with Gasteiger partial charge in [0.15, 0.2) is 0 Å². The maximum absolute atomic E-state index is 4.16. The normalized spacial score (nSPS) is 35.5. The van der Waals surface area contributed by atoms with Crippen molar-refractivity contribution in [2.75, 3.05) is 6.54 Å². The number of hydrogen-bond donors (Lipinski definition) is 0. The van der Waals surface area contributed by atoms with Gasteiger partial charge in [-0.1, -0.05) is 6.08 Å². The average Bonchev–Trinajstić information content (AvgIpc) is 2.03. The molecule has 3 nitrogen and oxygen atoms in total. The molecule has 58 valence electrons. The van der Waals surface area contributed by atoms with E-state index in [9.17, 15) is 0 Å². The standard InChI is InChI=1S/C8H11N3/c1-8-6-10-7-9-4-2-3-5-11-8/h2-3,5-8H,4H2,1H3/b3-2-,9-7-,10-6-,11-5-. The summed E-state index contributed by atoms with van der Waals surface area (Å²) in [6.07, 6.45) is 8.93. The van der Waals surface area contributed by atoms with Crippen molar-refractivity contribution >= 4 is 18.8 Å². The fraction of sp³-hybridized carbons (Fsp3) is 0.375. The number of nitrogens with zero attached hydrogens (tertiary/aromatic N) is 3. The molecule has 0 aromatic carbocycles. The zero-order valence-corrected chi connectivity index (χ0v) is 6.51. The van der Waals surface area contributed by atoms with Gasteiger partial charge >= 0.3 is 0 Å². The van der Waals surface area contributed by atoms with Crippen molar-refractivity contribution in [1.29, 1.82) is 0 Å². The van der Waals surface area contributed by atoms with Gasteiger partial charge in [0.25, 0.3) is 0 Å². The average molecular weight is 149 g/mol. The molecule has 1 rings (SSSR count). The van der Waals surface area contributed by atoms with Crippen LogP contribution in [0.25, 0.3) is 0 Å². The Balaban J connectivity index is 2.62. The van der Waals surface area contributed by atoms with Gasteiger partial charge in [0.05, 0.1) is 12.6 Å². The molecule has 0 saturated carbocycles. The molecule has 11 heavy (non-hydrogen) atoms. The van der Waals surface area contributed by atoms with Gasteiger partial charge in [0.2, 0.25) is 0 Å². The lowest BCUT2D eigenvalue weighted by atomic mass is 10.4. The lowest BCUT2D eigenvalue weighted by Gasteiger charge is -1.94. The van der Waals surface area contributed by atoms with Crippen molar-refractivity contribution in [3.63, 3.8) is 0 Å². The third-order valence-electron chi connectivity index (χ3n) is 1.20. The lowest BCUT2D eigenvalue weighted by Crippen LogP contribution is -1.99. The molecule has 1 unspecified atom stereocenters. The molecule has 0 radical (unpaired) electrons. The summed E-state index contributed by atoms with van der Waals surface area (Å²) < 4.78 is 0. The molecule has 1 atom stereocenters. The van der Waals surface area contributed by atoms with Crippen LogP contribution in [-0.2, 0) is 0 Å². The van der Waals surface area contributed by atoms with Crippen LogP contribution in [0.4, 0.5) is 0 Å². The van der Waals surface area contributed by atoms with E-state index < -0.39 is 0 Å². The van der Waals surface area contributed by atoms with Crippen LogP contribution in [0.5, 0.6) is 0 Å². The molecule has 0 spiro atoms. The summed E-state index contributed by atoms with van der Waals surface area (Å²) >= 11 is 0. The van der Waals surface area contributed by atoms with Crippen LogP contribution in [0.2, 0.25) is 0 Å². The summed E-state index contributed by atoms with van der Waals surface area (Å²) in [6, 6.07) is 0.143. The van der Waals surface area contributed by atoms with Gasteiger partial charge in [0, 0.05) is 12.4 Å². The molecule has 1 aliphatic rings. The highest BCUT2D eigenvalue weighted by Gasteiger charge is 1.88. The quantitative estimate of drug-likeness (QED) is 0.495. The van der Waals surface area contributed by atoms with Crippen LogP contribution in [0.15, 0.2) is 27.1 Å². The van der Waals surface area contributed by atoms with E-state index >= 15 is 0 Å². The fourth-order valence-electron chi connectivity index (χ4n) is 0.664. The molecule has 1 heterocycles. The number of rotatable bonds is 0. The smallest absolute Gasteiger partial charge is 0.109 e. The first-order chi connectivity index (χ1) is 5.39. The van der Waals surface area contributed by atoms with Gasteiger partial charge in [-0.25, -0.2) is 4.99 Å². The Kier molecular flexibility index (Phi) is 3.25. The highest BCUT2D eigenvalue weighted by Crippen LogP contribution is 1.85. The first-order valence-corrected chi connectivity index (χ1v) is 3.59. The Bertz CT molecular complexity index is 191. The molecule has 0 fully saturated rings. The number of hydrogen-bond acceptors (Lipinski definition) is 3. The molecule has 0 amide bonds. The molecular weight excluding hydrogens is 138 g/mol. The van der Waals surface area contributed by atoms with Crippen molar-refractivity contribution in [2.24, 2.45) is 15.0 Å². The maximum Gasteiger partial charge on any atom is 0.109 e. The fourth-order valence-corrected chi connectivity index (χ4v) is 0.664. The van der Waals surface area contributed by atoms with Crippen molar-refractivity contribution in [3.05, 3.63) is 12.2 Å². The van der Waals surface area contributed by atoms with E-state index in [0.29, 0.717) is 6.54 Å². The molecule has 3 heteroatoms. The molecule has 0 aliphatic carbocycles. The summed E-state index contributed by atoms with van der Waals surface area (Å²) in [5.41, 5.74) is 0. The topological polar surface area (TPSA) is 37.1 Å². The minimum Gasteiger partial charge on any atom is -0.284 e. The Morgan fingerprint density at radius 3 is 3.27 bits per heavy atom. The zero-order chi connectivity index (χ0) is 7.94. The number of aliphatic imine (C=N–C) groups is 3.